The Labute approximate surface area is 110 Å². The number of hydrogen-bond donors (Lipinski definition) is 1. The molecule has 0 atom stereocenters. The van der Waals surface area contributed by atoms with Crippen molar-refractivity contribution in [2.75, 3.05) is 0 Å². The third kappa shape index (κ3) is 1.87. The molecule has 0 radical (unpaired) electrons. The molecule has 2 aromatic heterocycles. The first-order valence-electron chi connectivity index (χ1n) is 5.73. The summed E-state index contributed by atoms with van der Waals surface area (Å²) in [5.74, 6) is 0.721. The van der Waals surface area contributed by atoms with Gasteiger partial charge < -0.3 is 4.98 Å². The number of rotatable bonds is 1. The minimum atomic E-state index is 0.587. The molecule has 0 aliphatic carbocycles. The van der Waals surface area contributed by atoms with Crippen molar-refractivity contribution in [1.29, 1.82) is 0 Å². The summed E-state index contributed by atoms with van der Waals surface area (Å²) in [6, 6.07) is 10.0. The van der Waals surface area contributed by atoms with E-state index in [-0.39, 0.29) is 0 Å². The summed E-state index contributed by atoms with van der Waals surface area (Å²) < 4.78 is 0. The summed E-state index contributed by atoms with van der Waals surface area (Å²) in [6.45, 7) is 4.02. The first-order chi connectivity index (χ1) is 8.63. The van der Waals surface area contributed by atoms with E-state index in [4.69, 9.17) is 11.6 Å². The summed E-state index contributed by atoms with van der Waals surface area (Å²) >= 11 is 5.95. The predicted molar refractivity (Wildman–Crippen MR) is 73.8 cm³/mol. The highest BCUT2D eigenvalue weighted by Crippen LogP contribution is 2.23. The molecule has 0 amide bonds. The average Bonchev–Trinajstić information content (AvgIpc) is 2.71. The number of fused-ring (bicyclic) bond motifs is 1. The van der Waals surface area contributed by atoms with E-state index in [0.29, 0.717) is 5.15 Å². The van der Waals surface area contributed by atoms with Gasteiger partial charge in [-0.25, -0.2) is 9.97 Å². The highest BCUT2D eigenvalue weighted by molar-refractivity contribution is 6.30. The van der Waals surface area contributed by atoms with Crippen molar-refractivity contribution in [1.82, 2.24) is 15.0 Å². The molecule has 1 aromatic carbocycles. The van der Waals surface area contributed by atoms with E-state index >= 15 is 0 Å². The van der Waals surface area contributed by atoms with E-state index in [1.807, 2.05) is 25.1 Å². The molecule has 0 aliphatic rings. The van der Waals surface area contributed by atoms with E-state index in [2.05, 4.69) is 34.0 Å². The van der Waals surface area contributed by atoms with Crippen molar-refractivity contribution < 1.29 is 0 Å². The standard InChI is InChI=1S/C14H12ClN3/c1-8-3-5-10(6-4-8)13-16-9(2)11-7-12(15)17-14(11)18-13/h3-7H,1-2H3,(H,16,17,18). The van der Waals surface area contributed by atoms with Crippen molar-refractivity contribution in [2.45, 2.75) is 13.8 Å². The molecule has 0 saturated heterocycles. The average molecular weight is 258 g/mol. The molecule has 0 bridgehead atoms. The minimum absolute atomic E-state index is 0.587. The molecule has 3 rings (SSSR count). The van der Waals surface area contributed by atoms with Crippen molar-refractivity contribution in [3.8, 4) is 11.4 Å². The lowest BCUT2D eigenvalue weighted by Crippen LogP contribution is -1.93. The van der Waals surface area contributed by atoms with Crippen LogP contribution in [-0.4, -0.2) is 15.0 Å². The van der Waals surface area contributed by atoms with Crippen molar-refractivity contribution in [3.05, 3.63) is 46.7 Å². The molecule has 0 spiro atoms. The predicted octanol–water partition coefficient (Wildman–Crippen LogP) is 3.90. The molecule has 18 heavy (non-hydrogen) atoms. The number of nitrogens with one attached hydrogen (secondary N) is 1. The van der Waals surface area contributed by atoms with Crippen LogP contribution in [0.5, 0.6) is 0 Å². The number of aromatic amines is 1. The van der Waals surface area contributed by atoms with Gasteiger partial charge in [-0.05, 0) is 19.9 Å². The Kier molecular flexibility index (Phi) is 2.56. The van der Waals surface area contributed by atoms with Crippen LogP contribution in [0, 0.1) is 13.8 Å². The van der Waals surface area contributed by atoms with Crippen molar-refractivity contribution in [3.63, 3.8) is 0 Å². The van der Waals surface area contributed by atoms with Crippen LogP contribution in [0.15, 0.2) is 30.3 Å². The van der Waals surface area contributed by atoms with Crippen molar-refractivity contribution in [2.24, 2.45) is 0 Å². The number of aryl methyl sites for hydroxylation is 2. The van der Waals surface area contributed by atoms with Crippen LogP contribution in [0.1, 0.15) is 11.3 Å². The fourth-order valence-corrected chi connectivity index (χ4v) is 2.16. The summed E-state index contributed by atoms with van der Waals surface area (Å²) in [7, 11) is 0. The lowest BCUT2D eigenvalue weighted by molar-refractivity contribution is 1.15. The van der Waals surface area contributed by atoms with E-state index in [1.54, 1.807) is 0 Å². The molecule has 90 valence electrons. The Morgan fingerprint density at radius 1 is 1.06 bits per heavy atom. The van der Waals surface area contributed by atoms with Gasteiger partial charge in [0.1, 0.15) is 10.8 Å². The minimum Gasteiger partial charge on any atom is -0.330 e. The summed E-state index contributed by atoms with van der Waals surface area (Å²) in [5, 5.41) is 1.55. The van der Waals surface area contributed by atoms with E-state index in [1.165, 1.54) is 5.56 Å². The summed E-state index contributed by atoms with van der Waals surface area (Å²) in [5.41, 5.74) is 3.94. The Bertz CT molecular complexity index is 714. The number of halogens is 1. The third-order valence-electron chi connectivity index (χ3n) is 2.95. The molecular formula is C14H12ClN3. The van der Waals surface area contributed by atoms with Crippen LogP contribution < -0.4 is 0 Å². The maximum atomic E-state index is 5.95. The lowest BCUT2D eigenvalue weighted by atomic mass is 10.1. The quantitative estimate of drug-likeness (QED) is 0.718. The lowest BCUT2D eigenvalue weighted by Gasteiger charge is -2.03. The highest BCUT2D eigenvalue weighted by Gasteiger charge is 2.08. The zero-order valence-corrected chi connectivity index (χ0v) is 10.9. The molecule has 0 saturated carbocycles. The Morgan fingerprint density at radius 3 is 2.50 bits per heavy atom. The molecule has 0 aliphatic heterocycles. The monoisotopic (exact) mass is 257 g/mol. The number of H-pyrrole nitrogens is 1. The number of aromatic nitrogens is 3. The molecule has 3 nitrogen and oxygen atoms in total. The normalized spacial score (nSPS) is 11.1. The molecule has 2 heterocycles. The smallest absolute Gasteiger partial charge is 0.161 e. The fraction of sp³-hybridized carbons (Fsp3) is 0.143. The Hall–Kier alpha value is -1.87. The van der Waals surface area contributed by atoms with Gasteiger partial charge in [-0.15, -0.1) is 0 Å². The fourth-order valence-electron chi connectivity index (χ4n) is 1.96. The van der Waals surface area contributed by atoms with Gasteiger partial charge >= 0.3 is 0 Å². The van der Waals surface area contributed by atoms with Gasteiger partial charge in [0.15, 0.2) is 5.82 Å². The van der Waals surface area contributed by atoms with Gasteiger partial charge in [0.2, 0.25) is 0 Å². The second-order valence-corrected chi connectivity index (χ2v) is 4.79. The summed E-state index contributed by atoms with van der Waals surface area (Å²) in [6.07, 6.45) is 0. The number of benzene rings is 1. The second-order valence-electron chi connectivity index (χ2n) is 4.38. The zero-order chi connectivity index (χ0) is 12.7. The van der Waals surface area contributed by atoms with Crippen LogP contribution in [0.3, 0.4) is 0 Å². The third-order valence-corrected chi connectivity index (χ3v) is 3.16. The molecule has 3 aromatic rings. The molecule has 0 unspecified atom stereocenters. The van der Waals surface area contributed by atoms with Crippen LogP contribution in [-0.2, 0) is 0 Å². The molecule has 0 fully saturated rings. The number of nitrogens with zero attached hydrogens (tertiary/aromatic N) is 2. The molecule has 4 heteroatoms. The zero-order valence-electron chi connectivity index (χ0n) is 10.2. The van der Waals surface area contributed by atoms with Gasteiger partial charge in [-0.2, -0.15) is 0 Å². The van der Waals surface area contributed by atoms with Gasteiger partial charge in [-0.1, -0.05) is 41.4 Å². The number of hydrogen-bond acceptors (Lipinski definition) is 2. The summed E-state index contributed by atoms with van der Waals surface area (Å²) in [4.78, 5) is 12.1. The largest absolute Gasteiger partial charge is 0.330 e. The SMILES string of the molecule is Cc1ccc(-c2nc(C)c3cc(Cl)[nH]c3n2)cc1. The first-order valence-corrected chi connectivity index (χ1v) is 6.11. The topological polar surface area (TPSA) is 41.6 Å². The van der Waals surface area contributed by atoms with Gasteiger partial charge in [-0.3, -0.25) is 0 Å². The van der Waals surface area contributed by atoms with Crippen LogP contribution in [0.4, 0.5) is 0 Å². The second kappa shape index (κ2) is 4.10. The maximum absolute atomic E-state index is 5.95. The highest BCUT2D eigenvalue weighted by atomic mass is 35.5. The van der Waals surface area contributed by atoms with E-state index in [9.17, 15) is 0 Å². The van der Waals surface area contributed by atoms with E-state index < -0.39 is 0 Å². The van der Waals surface area contributed by atoms with Gasteiger partial charge in [0.25, 0.3) is 0 Å². The van der Waals surface area contributed by atoms with Crippen LogP contribution in [0.2, 0.25) is 5.15 Å². The Morgan fingerprint density at radius 2 is 1.78 bits per heavy atom. The van der Waals surface area contributed by atoms with Gasteiger partial charge in [0, 0.05) is 10.9 Å². The van der Waals surface area contributed by atoms with E-state index in [0.717, 1.165) is 28.1 Å². The first kappa shape index (κ1) is 11.2. The van der Waals surface area contributed by atoms with Crippen LogP contribution in [0.25, 0.3) is 22.4 Å². The van der Waals surface area contributed by atoms with Crippen molar-refractivity contribution >= 4 is 22.6 Å². The Balaban J connectivity index is 2.20. The van der Waals surface area contributed by atoms with Gasteiger partial charge in [0.05, 0.1) is 5.69 Å². The molecule has 1 N–H and O–H groups in total. The molecular weight excluding hydrogens is 246 g/mol. The van der Waals surface area contributed by atoms with Crippen LogP contribution >= 0.6 is 11.6 Å². The maximum Gasteiger partial charge on any atom is 0.161 e.